The number of rotatable bonds is 4. The van der Waals surface area contributed by atoms with Crippen LogP contribution in [-0.4, -0.2) is 27.0 Å². The van der Waals surface area contributed by atoms with Gasteiger partial charge in [-0.3, -0.25) is 4.79 Å². The fraction of sp³-hybridized carbons (Fsp3) is 0.214. The van der Waals surface area contributed by atoms with E-state index in [0.29, 0.717) is 23.6 Å². The van der Waals surface area contributed by atoms with Gasteiger partial charge in [-0.1, -0.05) is 35.1 Å². The molecule has 7 heteroatoms. The molecule has 1 amide bonds. The molecule has 0 aliphatic heterocycles. The van der Waals surface area contributed by atoms with Crippen LogP contribution in [0.4, 0.5) is 0 Å². The Kier molecular flexibility index (Phi) is 3.90. The molecule has 0 spiro atoms. The molecule has 0 atom stereocenters. The quantitative estimate of drug-likeness (QED) is 0.804. The summed E-state index contributed by atoms with van der Waals surface area (Å²) in [7, 11) is 0. The van der Waals surface area contributed by atoms with Crippen molar-refractivity contribution in [1.82, 2.24) is 19.9 Å². The molecule has 1 N–H and O–H groups in total. The molecule has 2 heterocycles. The summed E-state index contributed by atoms with van der Waals surface area (Å²) in [5.74, 6) is -0.169. The number of amides is 1. The van der Waals surface area contributed by atoms with Crippen molar-refractivity contribution in [2.75, 3.05) is 6.54 Å². The van der Waals surface area contributed by atoms with E-state index in [4.69, 9.17) is 11.6 Å². The molecule has 0 unspecified atom stereocenters. The zero-order valence-corrected chi connectivity index (χ0v) is 12.9. The van der Waals surface area contributed by atoms with Crippen molar-refractivity contribution in [1.29, 1.82) is 0 Å². The lowest BCUT2D eigenvalue weighted by atomic mass is 10.2. The normalized spacial score (nSPS) is 11.0. The molecule has 5 nitrogen and oxygen atoms in total. The summed E-state index contributed by atoms with van der Waals surface area (Å²) in [4.78, 5) is 17.2. The summed E-state index contributed by atoms with van der Waals surface area (Å²) in [5, 5.41) is 8.66. The molecule has 0 aliphatic rings. The molecule has 0 saturated carbocycles. The van der Waals surface area contributed by atoms with Crippen LogP contribution in [0.3, 0.4) is 0 Å². The van der Waals surface area contributed by atoms with E-state index in [1.54, 1.807) is 28.8 Å². The van der Waals surface area contributed by atoms with Gasteiger partial charge in [0.2, 0.25) is 4.96 Å². The van der Waals surface area contributed by atoms with E-state index in [0.717, 1.165) is 15.7 Å². The minimum atomic E-state index is -0.169. The molecule has 21 heavy (non-hydrogen) atoms. The molecule has 2 aromatic heterocycles. The molecule has 0 bridgehead atoms. The maximum atomic E-state index is 12.0. The Labute approximate surface area is 130 Å². The van der Waals surface area contributed by atoms with Crippen LogP contribution in [-0.2, 0) is 6.42 Å². The van der Waals surface area contributed by atoms with Crippen LogP contribution in [0.25, 0.3) is 4.96 Å². The van der Waals surface area contributed by atoms with E-state index in [2.05, 4.69) is 15.4 Å². The van der Waals surface area contributed by atoms with Crippen molar-refractivity contribution in [2.45, 2.75) is 13.3 Å². The number of halogens is 1. The van der Waals surface area contributed by atoms with Crippen LogP contribution >= 0.6 is 22.9 Å². The van der Waals surface area contributed by atoms with Crippen LogP contribution in [0.15, 0.2) is 30.5 Å². The Balaban J connectivity index is 1.59. The molecule has 0 aliphatic carbocycles. The third kappa shape index (κ3) is 3.06. The second kappa shape index (κ2) is 5.83. The monoisotopic (exact) mass is 320 g/mol. The Morgan fingerprint density at radius 2 is 2.24 bits per heavy atom. The van der Waals surface area contributed by atoms with Crippen molar-refractivity contribution in [3.63, 3.8) is 0 Å². The molecule has 1 aromatic carbocycles. The van der Waals surface area contributed by atoms with Crippen LogP contribution in [0.1, 0.15) is 21.1 Å². The zero-order valence-electron chi connectivity index (χ0n) is 11.3. The summed E-state index contributed by atoms with van der Waals surface area (Å²) in [6, 6.07) is 7.00. The first-order valence-corrected chi connectivity index (χ1v) is 7.67. The van der Waals surface area contributed by atoms with Gasteiger partial charge in [0.15, 0.2) is 0 Å². The predicted molar refractivity (Wildman–Crippen MR) is 83.1 cm³/mol. The molecule has 0 fully saturated rings. The Morgan fingerprint density at radius 3 is 3.00 bits per heavy atom. The van der Waals surface area contributed by atoms with E-state index in [1.165, 1.54) is 11.3 Å². The van der Waals surface area contributed by atoms with Gasteiger partial charge in [0.05, 0.1) is 22.5 Å². The summed E-state index contributed by atoms with van der Waals surface area (Å²) >= 11 is 7.52. The first-order chi connectivity index (χ1) is 10.1. The average molecular weight is 321 g/mol. The number of imidazole rings is 1. The van der Waals surface area contributed by atoms with Crippen LogP contribution in [0.5, 0.6) is 0 Å². The van der Waals surface area contributed by atoms with E-state index in [1.807, 2.05) is 13.1 Å². The molecule has 0 radical (unpaired) electrons. The van der Waals surface area contributed by atoms with Crippen molar-refractivity contribution < 1.29 is 4.79 Å². The fourth-order valence-electron chi connectivity index (χ4n) is 1.97. The van der Waals surface area contributed by atoms with Crippen molar-refractivity contribution >= 4 is 33.8 Å². The summed E-state index contributed by atoms with van der Waals surface area (Å²) in [6.45, 7) is 2.45. The number of carbonyl (C=O) groups excluding carboxylic acids is 1. The maximum Gasteiger partial charge on any atom is 0.252 e. The van der Waals surface area contributed by atoms with Gasteiger partial charge < -0.3 is 5.32 Å². The summed E-state index contributed by atoms with van der Waals surface area (Å²) in [6.07, 6.45) is 2.56. The minimum absolute atomic E-state index is 0.169. The zero-order chi connectivity index (χ0) is 14.8. The van der Waals surface area contributed by atoms with Gasteiger partial charge in [-0.25, -0.2) is 9.50 Å². The highest BCUT2D eigenvalue weighted by molar-refractivity contribution is 7.16. The van der Waals surface area contributed by atoms with Gasteiger partial charge in [0, 0.05) is 13.0 Å². The second-order valence-electron chi connectivity index (χ2n) is 4.59. The SMILES string of the molecule is Cc1cn2nc(CCNC(=O)c3ccccc3Cl)sc2n1. The molecular formula is C14H13ClN4OS. The van der Waals surface area contributed by atoms with E-state index >= 15 is 0 Å². The first-order valence-electron chi connectivity index (χ1n) is 6.48. The van der Waals surface area contributed by atoms with Crippen LogP contribution in [0.2, 0.25) is 5.02 Å². The standard InChI is InChI=1S/C14H13ClN4OS/c1-9-8-19-14(17-9)21-12(18-19)6-7-16-13(20)10-4-2-3-5-11(10)15/h2-5,8H,6-7H2,1H3,(H,16,20). The third-order valence-electron chi connectivity index (χ3n) is 2.95. The average Bonchev–Trinajstić information content (AvgIpc) is 2.95. The van der Waals surface area contributed by atoms with Gasteiger partial charge in [0.1, 0.15) is 5.01 Å². The minimum Gasteiger partial charge on any atom is -0.352 e. The van der Waals surface area contributed by atoms with Crippen molar-refractivity contribution in [2.24, 2.45) is 0 Å². The predicted octanol–water partition coefficient (Wildman–Crippen LogP) is 2.73. The lowest BCUT2D eigenvalue weighted by Crippen LogP contribution is -2.25. The highest BCUT2D eigenvalue weighted by Crippen LogP contribution is 2.16. The number of nitrogens with one attached hydrogen (secondary N) is 1. The molecule has 3 aromatic rings. The third-order valence-corrected chi connectivity index (χ3v) is 4.26. The molecule has 108 valence electrons. The summed E-state index contributed by atoms with van der Waals surface area (Å²) in [5.41, 5.74) is 1.44. The first kappa shape index (κ1) is 14.0. The Bertz CT molecular complexity index is 764. The Hall–Kier alpha value is -1.92. The van der Waals surface area contributed by atoms with Gasteiger partial charge >= 0.3 is 0 Å². The topological polar surface area (TPSA) is 59.3 Å². The van der Waals surface area contributed by atoms with Crippen molar-refractivity contribution in [3.8, 4) is 0 Å². The van der Waals surface area contributed by atoms with Crippen molar-refractivity contribution in [3.05, 3.63) is 51.7 Å². The number of hydrogen-bond donors (Lipinski definition) is 1. The van der Waals surface area contributed by atoms with Crippen LogP contribution in [0, 0.1) is 6.92 Å². The largest absolute Gasteiger partial charge is 0.352 e. The lowest BCUT2D eigenvalue weighted by Gasteiger charge is -2.05. The number of aromatic nitrogens is 3. The lowest BCUT2D eigenvalue weighted by molar-refractivity contribution is 0.0954. The number of carbonyl (C=O) groups is 1. The number of fused-ring (bicyclic) bond motifs is 1. The van der Waals surface area contributed by atoms with E-state index in [-0.39, 0.29) is 5.91 Å². The number of aryl methyl sites for hydroxylation is 1. The second-order valence-corrected chi connectivity index (χ2v) is 6.04. The van der Waals surface area contributed by atoms with Gasteiger partial charge in [0.25, 0.3) is 5.91 Å². The van der Waals surface area contributed by atoms with Gasteiger partial charge in [-0.05, 0) is 19.1 Å². The van der Waals surface area contributed by atoms with E-state index in [9.17, 15) is 4.79 Å². The molecular weight excluding hydrogens is 308 g/mol. The molecule has 0 saturated heterocycles. The number of nitrogens with zero attached hydrogens (tertiary/aromatic N) is 3. The highest BCUT2D eigenvalue weighted by Gasteiger charge is 2.10. The fourth-order valence-corrected chi connectivity index (χ4v) is 3.12. The van der Waals surface area contributed by atoms with E-state index < -0.39 is 0 Å². The number of benzene rings is 1. The molecule has 3 rings (SSSR count). The summed E-state index contributed by atoms with van der Waals surface area (Å²) < 4.78 is 1.77. The highest BCUT2D eigenvalue weighted by atomic mass is 35.5. The smallest absolute Gasteiger partial charge is 0.252 e. The van der Waals surface area contributed by atoms with Crippen LogP contribution < -0.4 is 5.32 Å². The van der Waals surface area contributed by atoms with Gasteiger partial charge in [-0.2, -0.15) is 5.10 Å². The Morgan fingerprint density at radius 1 is 1.43 bits per heavy atom. The number of hydrogen-bond acceptors (Lipinski definition) is 4. The maximum absolute atomic E-state index is 12.0. The van der Waals surface area contributed by atoms with Gasteiger partial charge in [-0.15, -0.1) is 0 Å².